The van der Waals surface area contributed by atoms with Gasteiger partial charge in [0.25, 0.3) is 0 Å². The maximum atomic E-state index is 11.5. The van der Waals surface area contributed by atoms with Crippen LogP contribution in [0.3, 0.4) is 0 Å². The molecule has 0 bridgehead atoms. The van der Waals surface area contributed by atoms with Gasteiger partial charge in [0.1, 0.15) is 0 Å². The Labute approximate surface area is 91.6 Å². The van der Waals surface area contributed by atoms with Crippen molar-refractivity contribution >= 4 is 15.7 Å². The van der Waals surface area contributed by atoms with E-state index in [0.29, 0.717) is 12.1 Å². The van der Waals surface area contributed by atoms with Gasteiger partial charge in [-0.2, -0.15) is 0 Å². The van der Waals surface area contributed by atoms with Crippen LogP contribution in [0.1, 0.15) is 26.2 Å². The monoisotopic (exact) mass is 226 g/mol. The molecule has 1 radical (unpaired) electrons. The van der Waals surface area contributed by atoms with E-state index in [1.807, 2.05) is 6.92 Å². The molecule has 0 saturated heterocycles. The molecule has 0 unspecified atom stereocenters. The van der Waals surface area contributed by atoms with Crippen LogP contribution in [0.2, 0.25) is 0 Å². The molecule has 0 fully saturated rings. The van der Waals surface area contributed by atoms with Crippen molar-refractivity contribution in [1.29, 1.82) is 0 Å². The van der Waals surface area contributed by atoms with Crippen LogP contribution in [0, 0.1) is 6.07 Å². The zero-order valence-corrected chi connectivity index (χ0v) is 9.68. The minimum Gasteiger partial charge on any atom is -0.283 e. The summed E-state index contributed by atoms with van der Waals surface area (Å²) < 4.78 is 25.6. The van der Waals surface area contributed by atoms with E-state index in [1.165, 1.54) is 0 Å². The first-order chi connectivity index (χ1) is 7.14. The number of rotatable bonds is 6. The molecule has 3 nitrogen and oxygen atoms in total. The predicted octanol–water partition coefficient (Wildman–Crippen LogP) is 2.42. The standard InChI is InChI=1S/C11H16NO2S/c1-2-3-7-10-15(13,14)12-11-8-5-4-6-9-11/h4-6,8,12H,2-3,7,10H2,1H3. The average molecular weight is 226 g/mol. The van der Waals surface area contributed by atoms with Crippen molar-refractivity contribution in [3.8, 4) is 0 Å². The molecule has 15 heavy (non-hydrogen) atoms. The largest absolute Gasteiger partial charge is 0.283 e. The van der Waals surface area contributed by atoms with Crippen LogP contribution < -0.4 is 4.72 Å². The fourth-order valence-corrected chi connectivity index (χ4v) is 2.37. The van der Waals surface area contributed by atoms with Crippen LogP contribution >= 0.6 is 0 Å². The fourth-order valence-electron chi connectivity index (χ4n) is 1.22. The Kier molecular flexibility index (Phi) is 4.62. The lowest BCUT2D eigenvalue weighted by Crippen LogP contribution is -2.16. The second kappa shape index (κ2) is 5.75. The molecule has 0 spiro atoms. The highest BCUT2D eigenvalue weighted by Gasteiger charge is 2.08. The quantitative estimate of drug-likeness (QED) is 0.757. The molecule has 0 amide bonds. The minimum atomic E-state index is -3.19. The van der Waals surface area contributed by atoms with Crippen molar-refractivity contribution in [2.24, 2.45) is 0 Å². The first-order valence-corrected chi connectivity index (χ1v) is 6.76. The van der Waals surface area contributed by atoms with Crippen LogP contribution in [0.5, 0.6) is 0 Å². The van der Waals surface area contributed by atoms with Crippen LogP contribution in [0.25, 0.3) is 0 Å². The Morgan fingerprint density at radius 2 is 2.13 bits per heavy atom. The molecular formula is C11H16NO2S. The zero-order chi connectivity index (χ0) is 11.1. The molecule has 0 heterocycles. The van der Waals surface area contributed by atoms with E-state index < -0.39 is 10.0 Å². The first kappa shape index (κ1) is 12.0. The fraction of sp³-hybridized carbons (Fsp3) is 0.455. The van der Waals surface area contributed by atoms with Crippen LogP contribution in [-0.4, -0.2) is 14.2 Å². The smallest absolute Gasteiger partial charge is 0.232 e. The van der Waals surface area contributed by atoms with Crippen molar-refractivity contribution in [3.63, 3.8) is 0 Å². The van der Waals surface area contributed by atoms with E-state index in [9.17, 15) is 8.42 Å². The number of hydrogen-bond acceptors (Lipinski definition) is 2. The Bertz CT molecular complexity index is 373. The highest BCUT2D eigenvalue weighted by atomic mass is 32.2. The lowest BCUT2D eigenvalue weighted by atomic mass is 10.3. The van der Waals surface area contributed by atoms with Crippen molar-refractivity contribution in [2.45, 2.75) is 26.2 Å². The zero-order valence-electron chi connectivity index (χ0n) is 8.86. The summed E-state index contributed by atoms with van der Waals surface area (Å²) in [5, 5.41) is 0. The molecule has 0 atom stereocenters. The van der Waals surface area contributed by atoms with E-state index in [-0.39, 0.29) is 5.75 Å². The van der Waals surface area contributed by atoms with E-state index in [4.69, 9.17) is 0 Å². The first-order valence-electron chi connectivity index (χ1n) is 5.11. The number of para-hydroxylation sites is 1. The Morgan fingerprint density at radius 1 is 1.33 bits per heavy atom. The molecule has 0 aliphatic rings. The van der Waals surface area contributed by atoms with Gasteiger partial charge < -0.3 is 0 Å². The highest BCUT2D eigenvalue weighted by Crippen LogP contribution is 2.08. The minimum absolute atomic E-state index is 0.184. The van der Waals surface area contributed by atoms with Gasteiger partial charge >= 0.3 is 0 Å². The number of hydrogen-bond donors (Lipinski definition) is 1. The Hall–Kier alpha value is -1.03. The van der Waals surface area contributed by atoms with Gasteiger partial charge in [-0.3, -0.25) is 4.72 Å². The summed E-state index contributed by atoms with van der Waals surface area (Å²) in [4.78, 5) is 0. The molecule has 83 valence electrons. The normalized spacial score (nSPS) is 11.3. The van der Waals surface area contributed by atoms with Crippen molar-refractivity contribution in [1.82, 2.24) is 0 Å². The molecular weight excluding hydrogens is 210 g/mol. The van der Waals surface area contributed by atoms with Gasteiger partial charge in [-0.25, -0.2) is 8.42 Å². The van der Waals surface area contributed by atoms with E-state index >= 15 is 0 Å². The van der Waals surface area contributed by atoms with Gasteiger partial charge in [0.15, 0.2) is 0 Å². The van der Waals surface area contributed by atoms with E-state index in [2.05, 4.69) is 10.8 Å². The Balaban J connectivity index is 2.50. The highest BCUT2D eigenvalue weighted by molar-refractivity contribution is 7.92. The second-order valence-corrected chi connectivity index (χ2v) is 5.25. The number of nitrogens with one attached hydrogen (secondary N) is 1. The topological polar surface area (TPSA) is 46.2 Å². The van der Waals surface area contributed by atoms with Gasteiger partial charge in [-0.1, -0.05) is 38.0 Å². The second-order valence-electron chi connectivity index (χ2n) is 3.40. The van der Waals surface area contributed by atoms with E-state index in [1.54, 1.807) is 24.3 Å². The molecule has 0 aliphatic carbocycles. The predicted molar refractivity (Wildman–Crippen MR) is 62.2 cm³/mol. The summed E-state index contributed by atoms with van der Waals surface area (Å²) >= 11 is 0. The summed E-state index contributed by atoms with van der Waals surface area (Å²) in [7, 11) is -3.19. The van der Waals surface area contributed by atoms with Gasteiger partial charge in [0, 0.05) is 6.07 Å². The lowest BCUT2D eigenvalue weighted by Gasteiger charge is -2.06. The summed E-state index contributed by atoms with van der Waals surface area (Å²) in [6.07, 6.45) is 2.67. The van der Waals surface area contributed by atoms with Crippen molar-refractivity contribution < 1.29 is 8.42 Å². The van der Waals surface area contributed by atoms with Gasteiger partial charge in [0.2, 0.25) is 10.0 Å². The molecule has 1 rings (SSSR count). The van der Waals surface area contributed by atoms with Gasteiger partial charge in [-0.05, 0) is 12.5 Å². The SMILES string of the molecule is CCCCCS(=O)(=O)Nc1[c]cccc1. The lowest BCUT2D eigenvalue weighted by molar-refractivity contribution is 0.596. The van der Waals surface area contributed by atoms with Crippen LogP contribution in [0.4, 0.5) is 5.69 Å². The maximum absolute atomic E-state index is 11.5. The summed E-state index contributed by atoms with van der Waals surface area (Å²) in [6.45, 7) is 2.05. The molecule has 0 aliphatic heterocycles. The van der Waals surface area contributed by atoms with Crippen molar-refractivity contribution in [3.05, 3.63) is 30.3 Å². The summed E-state index contributed by atoms with van der Waals surface area (Å²) in [6, 6.07) is 9.78. The number of benzene rings is 1. The van der Waals surface area contributed by atoms with Gasteiger partial charge in [-0.15, -0.1) is 0 Å². The van der Waals surface area contributed by atoms with Gasteiger partial charge in [0.05, 0.1) is 11.4 Å². The molecule has 1 N–H and O–H groups in total. The number of unbranched alkanes of at least 4 members (excludes halogenated alkanes) is 2. The van der Waals surface area contributed by atoms with Crippen molar-refractivity contribution in [2.75, 3.05) is 10.5 Å². The number of sulfonamides is 1. The third-order valence-electron chi connectivity index (χ3n) is 1.99. The maximum Gasteiger partial charge on any atom is 0.232 e. The molecule has 1 aromatic carbocycles. The Morgan fingerprint density at radius 3 is 2.73 bits per heavy atom. The third kappa shape index (κ3) is 4.83. The molecule has 0 aromatic heterocycles. The van der Waals surface area contributed by atoms with Crippen LogP contribution in [0.15, 0.2) is 24.3 Å². The molecule has 0 saturated carbocycles. The summed E-state index contributed by atoms with van der Waals surface area (Å²) in [5.41, 5.74) is 0.508. The average Bonchev–Trinajstić information content (AvgIpc) is 2.18. The van der Waals surface area contributed by atoms with Crippen LogP contribution in [-0.2, 0) is 10.0 Å². The molecule has 1 aromatic rings. The summed E-state index contributed by atoms with van der Waals surface area (Å²) in [5.74, 6) is 0.184. The third-order valence-corrected chi connectivity index (χ3v) is 3.35. The van der Waals surface area contributed by atoms with E-state index in [0.717, 1.165) is 12.8 Å². The molecule has 4 heteroatoms. The number of anilines is 1.